The SMILES string of the molecule is CC(C)NCc1cc(F)c(F)c(S(=O)(=O)N2CCCC2)c1. The first kappa shape index (κ1) is 16.3. The lowest BCUT2D eigenvalue weighted by atomic mass is 10.2. The Morgan fingerprint density at radius 1 is 1.24 bits per heavy atom. The van der Waals surface area contributed by atoms with Gasteiger partial charge in [0.15, 0.2) is 11.6 Å². The summed E-state index contributed by atoms with van der Waals surface area (Å²) in [5.41, 5.74) is 0.417. The zero-order valence-electron chi connectivity index (χ0n) is 12.2. The third-order valence-electron chi connectivity index (χ3n) is 3.45. The van der Waals surface area contributed by atoms with E-state index in [1.165, 1.54) is 10.4 Å². The highest BCUT2D eigenvalue weighted by molar-refractivity contribution is 7.89. The van der Waals surface area contributed by atoms with Gasteiger partial charge in [0.2, 0.25) is 10.0 Å². The molecule has 4 nitrogen and oxygen atoms in total. The largest absolute Gasteiger partial charge is 0.310 e. The Hall–Kier alpha value is -1.05. The summed E-state index contributed by atoms with van der Waals surface area (Å²) in [6.07, 6.45) is 1.50. The average molecular weight is 318 g/mol. The third-order valence-corrected chi connectivity index (χ3v) is 5.35. The monoisotopic (exact) mass is 318 g/mol. The number of hydrogen-bond acceptors (Lipinski definition) is 3. The fraction of sp³-hybridized carbons (Fsp3) is 0.571. The quantitative estimate of drug-likeness (QED) is 0.906. The van der Waals surface area contributed by atoms with Gasteiger partial charge in [0.1, 0.15) is 4.90 Å². The molecular formula is C14H20F2N2O2S. The maximum absolute atomic E-state index is 13.9. The molecule has 1 fully saturated rings. The molecule has 7 heteroatoms. The van der Waals surface area contributed by atoms with Crippen molar-refractivity contribution in [2.24, 2.45) is 0 Å². The summed E-state index contributed by atoms with van der Waals surface area (Å²) in [4.78, 5) is -0.565. The van der Waals surface area contributed by atoms with E-state index in [2.05, 4.69) is 5.32 Å². The fourth-order valence-corrected chi connectivity index (χ4v) is 3.94. The molecule has 1 N–H and O–H groups in total. The van der Waals surface area contributed by atoms with Crippen molar-refractivity contribution in [3.63, 3.8) is 0 Å². The van der Waals surface area contributed by atoms with E-state index in [4.69, 9.17) is 0 Å². The number of sulfonamides is 1. The molecule has 0 atom stereocenters. The van der Waals surface area contributed by atoms with E-state index >= 15 is 0 Å². The molecule has 0 saturated carbocycles. The van der Waals surface area contributed by atoms with Crippen molar-refractivity contribution in [2.75, 3.05) is 13.1 Å². The van der Waals surface area contributed by atoms with E-state index in [0.717, 1.165) is 18.9 Å². The second-order valence-corrected chi connectivity index (χ2v) is 7.44. The van der Waals surface area contributed by atoms with E-state index in [1.807, 2.05) is 13.8 Å². The molecule has 0 spiro atoms. The minimum Gasteiger partial charge on any atom is -0.310 e. The Balaban J connectivity index is 2.37. The van der Waals surface area contributed by atoms with Crippen molar-refractivity contribution in [2.45, 2.75) is 44.2 Å². The predicted molar refractivity (Wildman–Crippen MR) is 76.3 cm³/mol. The minimum absolute atomic E-state index is 0.164. The van der Waals surface area contributed by atoms with Gasteiger partial charge >= 0.3 is 0 Å². The Morgan fingerprint density at radius 2 is 1.86 bits per heavy atom. The summed E-state index contributed by atoms with van der Waals surface area (Å²) in [6.45, 7) is 4.84. The van der Waals surface area contributed by atoms with Gasteiger partial charge in [-0.05, 0) is 30.5 Å². The van der Waals surface area contributed by atoms with Crippen LogP contribution < -0.4 is 5.32 Å². The molecule has 2 rings (SSSR count). The fourth-order valence-electron chi connectivity index (χ4n) is 2.30. The zero-order valence-corrected chi connectivity index (χ0v) is 13.0. The van der Waals surface area contributed by atoms with Crippen LogP contribution in [0.5, 0.6) is 0 Å². The Labute approximate surface area is 124 Å². The molecule has 1 aromatic rings. The number of benzene rings is 1. The van der Waals surface area contributed by atoms with Crippen LogP contribution >= 0.6 is 0 Å². The molecule has 0 amide bonds. The smallest absolute Gasteiger partial charge is 0.246 e. The van der Waals surface area contributed by atoms with Crippen LogP contribution in [0, 0.1) is 11.6 Å². The van der Waals surface area contributed by atoms with Gasteiger partial charge in [-0.2, -0.15) is 4.31 Å². The van der Waals surface area contributed by atoms with Crippen molar-refractivity contribution in [3.8, 4) is 0 Å². The molecule has 0 aromatic heterocycles. The molecule has 1 aromatic carbocycles. The van der Waals surface area contributed by atoms with Crippen LogP contribution in [0.15, 0.2) is 17.0 Å². The molecule has 1 heterocycles. The van der Waals surface area contributed by atoms with Gasteiger partial charge in [-0.15, -0.1) is 0 Å². The maximum atomic E-state index is 13.9. The van der Waals surface area contributed by atoms with Crippen LogP contribution in [0.3, 0.4) is 0 Å². The van der Waals surface area contributed by atoms with E-state index in [-0.39, 0.29) is 12.6 Å². The third kappa shape index (κ3) is 3.59. The number of nitrogens with zero attached hydrogens (tertiary/aromatic N) is 1. The van der Waals surface area contributed by atoms with Crippen LogP contribution in [0.25, 0.3) is 0 Å². The number of nitrogens with one attached hydrogen (secondary N) is 1. The van der Waals surface area contributed by atoms with Crippen LogP contribution in [-0.4, -0.2) is 31.9 Å². The van der Waals surface area contributed by atoms with E-state index in [1.54, 1.807) is 0 Å². The van der Waals surface area contributed by atoms with Crippen LogP contribution in [-0.2, 0) is 16.6 Å². The second-order valence-electron chi connectivity index (χ2n) is 5.54. The highest BCUT2D eigenvalue weighted by atomic mass is 32.2. The topological polar surface area (TPSA) is 49.4 Å². The molecule has 0 radical (unpaired) electrons. The Kier molecular flexibility index (Phi) is 4.95. The lowest BCUT2D eigenvalue weighted by molar-refractivity contribution is 0.452. The second kappa shape index (κ2) is 6.37. The van der Waals surface area contributed by atoms with Gasteiger partial charge in [0.25, 0.3) is 0 Å². The van der Waals surface area contributed by atoms with E-state index in [0.29, 0.717) is 18.7 Å². The van der Waals surface area contributed by atoms with Crippen molar-refractivity contribution in [3.05, 3.63) is 29.3 Å². The lowest BCUT2D eigenvalue weighted by Gasteiger charge is -2.17. The first-order valence-electron chi connectivity index (χ1n) is 7.04. The predicted octanol–water partition coefficient (Wildman–Crippen LogP) is 2.25. The van der Waals surface area contributed by atoms with Gasteiger partial charge in [-0.1, -0.05) is 13.8 Å². The highest BCUT2D eigenvalue weighted by Crippen LogP contribution is 2.26. The first-order chi connectivity index (χ1) is 9.82. The summed E-state index contributed by atoms with van der Waals surface area (Å²) in [7, 11) is -3.96. The average Bonchev–Trinajstić information content (AvgIpc) is 2.94. The first-order valence-corrected chi connectivity index (χ1v) is 8.48. The van der Waals surface area contributed by atoms with Crippen LogP contribution in [0.1, 0.15) is 32.3 Å². The summed E-state index contributed by atoms with van der Waals surface area (Å²) in [5.74, 6) is -2.42. The minimum atomic E-state index is -3.96. The summed E-state index contributed by atoms with van der Waals surface area (Å²) in [5, 5.41) is 3.06. The van der Waals surface area contributed by atoms with Crippen molar-refractivity contribution >= 4 is 10.0 Å². The van der Waals surface area contributed by atoms with Crippen molar-refractivity contribution in [1.82, 2.24) is 9.62 Å². The molecule has 21 heavy (non-hydrogen) atoms. The number of hydrogen-bond donors (Lipinski definition) is 1. The van der Waals surface area contributed by atoms with E-state index in [9.17, 15) is 17.2 Å². The molecule has 1 aliphatic rings. The van der Waals surface area contributed by atoms with Gasteiger partial charge in [-0.3, -0.25) is 0 Å². The summed E-state index contributed by atoms with van der Waals surface area (Å²) < 4.78 is 53.6. The lowest BCUT2D eigenvalue weighted by Crippen LogP contribution is -2.29. The number of rotatable bonds is 5. The molecule has 0 bridgehead atoms. The zero-order chi connectivity index (χ0) is 15.6. The van der Waals surface area contributed by atoms with Crippen molar-refractivity contribution < 1.29 is 17.2 Å². The molecule has 118 valence electrons. The van der Waals surface area contributed by atoms with Gasteiger partial charge in [0.05, 0.1) is 0 Å². The Morgan fingerprint density at radius 3 is 2.43 bits per heavy atom. The van der Waals surface area contributed by atoms with Gasteiger partial charge in [0, 0.05) is 25.7 Å². The molecule has 1 saturated heterocycles. The Bertz CT molecular complexity index is 612. The molecule has 1 aliphatic heterocycles. The number of halogens is 2. The van der Waals surface area contributed by atoms with Crippen LogP contribution in [0.4, 0.5) is 8.78 Å². The molecule has 0 aliphatic carbocycles. The van der Waals surface area contributed by atoms with Crippen molar-refractivity contribution in [1.29, 1.82) is 0 Å². The molecular weight excluding hydrogens is 298 g/mol. The molecule has 0 unspecified atom stereocenters. The van der Waals surface area contributed by atoms with Crippen LogP contribution in [0.2, 0.25) is 0 Å². The standard InChI is InChI=1S/C14H20F2N2O2S/c1-10(2)17-9-11-7-12(15)14(16)13(8-11)21(19,20)18-5-3-4-6-18/h7-8,10,17H,3-6,9H2,1-2H3. The summed E-state index contributed by atoms with van der Waals surface area (Å²) >= 11 is 0. The normalized spacial score (nSPS) is 16.8. The van der Waals surface area contributed by atoms with E-state index < -0.39 is 26.6 Å². The maximum Gasteiger partial charge on any atom is 0.246 e. The highest BCUT2D eigenvalue weighted by Gasteiger charge is 2.31. The summed E-state index contributed by atoms with van der Waals surface area (Å²) in [6, 6.07) is 2.42. The van der Waals surface area contributed by atoms with Gasteiger partial charge in [-0.25, -0.2) is 17.2 Å². The van der Waals surface area contributed by atoms with Gasteiger partial charge < -0.3 is 5.32 Å².